The second kappa shape index (κ2) is 7.93. The Balaban J connectivity index is 1.83. The van der Waals surface area contributed by atoms with Crippen LogP contribution in [0.5, 0.6) is 5.75 Å². The standard InChI is InChI=1S/C24H25NO7/c1-4-32-25-10(2)14-5-6-16(27)21-15(14)8-12-7-13-9-17(28)18(11(3)26)22(29)20(13)23(30)19(12)24(21)31/h5-6,12-13,20,27-28,30H,4,7-9H2,1-3H3/b25-10+. The second-order valence-corrected chi connectivity index (χ2v) is 8.53. The maximum Gasteiger partial charge on any atom is 0.196 e. The van der Waals surface area contributed by atoms with Crippen molar-refractivity contribution in [1.82, 2.24) is 0 Å². The predicted octanol–water partition coefficient (Wildman–Crippen LogP) is 3.33. The molecule has 0 amide bonds. The molecule has 3 N–H and O–H groups in total. The number of aliphatic hydroxyl groups is 2. The highest BCUT2D eigenvalue weighted by Crippen LogP contribution is 2.49. The van der Waals surface area contributed by atoms with Crippen molar-refractivity contribution in [3.05, 3.63) is 51.5 Å². The number of hydrogen-bond donors (Lipinski definition) is 3. The summed E-state index contributed by atoms with van der Waals surface area (Å²) in [4.78, 5) is 43.4. The number of aromatic hydroxyl groups is 1. The zero-order chi connectivity index (χ0) is 23.3. The summed E-state index contributed by atoms with van der Waals surface area (Å²) in [5.74, 6) is -4.47. The van der Waals surface area contributed by atoms with E-state index in [1.54, 1.807) is 19.9 Å². The molecule has 0 saturated carbocycles. The van der Waals surface area contributed by atoms with Crippen LogP contribution in [0.25, 0.3) is 0 Å². The molecule has 0 aliphatic heterocycles. The smallest absolute Gasteiger partial charge is 0.196 e. The molecule has 0 saturated heterocycles. The van der Waals surface area contributed by atoms with Gasteiger partial charge in [-0.2, -0.15) is 0 Å². The van der Waals surface area contributed by atoms with Crippen LogP contribution in [-0.4, -0.2) is 45.0 Å². The molecule has 4 rings (SSSR count). The number of benzene rings is 1. The van der Waals surface area contributed by atoms with Crippen LogP contribution in [0.15, 0.2) is 40.0 Å². The fourth-order valence-corrected chi connectivity index (χ4v) is 5.30. The molecule has 0 spiro atoms. The molecule has 1 aromatic rings. The van der Waals surface area contributed by atoms with Crippen LogP contribution in [0.4, 0.5) is 0 Å². The van der Waals surface area contributed by atoms with Gasteiger partial charge in [-0.1, -0.05) is 5.16 Å². The van der Waals surface area contributed by atoms with Crippen LogP contribution < -0.4 is 0 Å². The van der Waals surface area contributed by atoms with E-state index in [-0.39, 0.29) is 40.4 Å². The number of nitrogens with zero attached hydrogens (tertiary/aromatic N) is 1. The van der Waals surface area contributed by atoms with Gasteiger partial charge in [-0.3, -0.25) is 14.4 Å². The van der Waals surface area contributed by atoms with Gasteiger partial charge in [0.25, 0.3) is 0 Å². The summed E-state index contributed by atoms with van der Waals surface area (Å²) in [5.41, 5.74) is 1.71. The summed E-state index contributed by atoms with van der Waals surface area (Å²) in [6, 6.07) is 3.08. The molecule has 3 aliphatic rings. The van der Waals surface area contributed by atoms with Gasteiger partial charge in [0.1, 0.15) is 23.9 Å². The number of fused-ring (bicyclic) bond motifs is 3. The first-order valence-electron chi connectivity index (χ1n) is 10.6. The number of carbonyl (C=O) groups is 3. The lowest BCUT2D eigenvalue weighted by Crippen LogP contribution is -2.42. The predicted molar refractivity (Wildman–Crippen MR) is 115 cm³/mol. The lowest BCUT2D eigenvalue weighted by Gasteiger charge is -2.41. The van der Waals surface area contributed by atoms with Crippen LogP contribution in [0.2, 0.25) is 0 Å². The molecule has 0 heterocycles. The van der Waals surface area contributed by atoms with Gasteiger partial charge in [-0.05, 0) is 63.1 Å². The van der Waals surface area contributed by atoms with Gasteiger partial charge in [0.2, 0.25) is 0 Å². The van der Waals surface area contributed by atoms with E-state index in [2.05, 4.69) is 5.16 Å². The number of Topliss-reactive ketones (excluding diaryl/α,β-unsaturated/α-hetero) is 3. The van der Waals surface area contributed by atoms with Crippen molar-refractivity contribution in [3.63, 3.8) is 0 Å². The summed E-state index contributed by atoms with van der Waals surface area (Å²) in [6.45, 7) is 5.12. The van der Waals surface area contributed by atoms with Crippen molar-refractivity contribution < 1.29 is 34.5 Å². The first-order valence-corrected chi connectivity index (χ1v) is 10.6. The number of phenols is 1. The molecule has 3 atom stereocenters. The van der Waals surface area contributed by atoms with Crippen LogP contribution >= 0.6 is 0 Å². The lowest BCUT2D eigenvalue weighted by atomic mass is 9.62. The summed E-state index contributed by atoms with van der Waals surface area (Å²) in [5, 5.41) is 35.8. The Labute approximate surface area is 184 Å². The Morgan fingerprint density at radius 1 is 1.16 bits per heavy atom. The van der Waals surface area contributed by atoms with E-state index < -0.39 is 35.1 Å². The van der Waals surface area contributed by atoms with Crippen molar-refractivity contribution in [2.45, 2.75) is 40.0 Å². The number of carbonyl (C=O) groups excluding carboxylic acids is 3. The third-order valence-corrected chi connectivity index (χ3v) is 6.60. The van der Waals surface area contributed by atoms with Crippen molar-refractivity contribution in [2.75, 3.05) is 6.61 Å². The number of ketones is 3. The number of allylic oxidation sites excluding steroid dienone is 4. The molecule has 32 heavy (non-hydrogen) atoms. The molecule has 0 radical (unpaired) electrons. The molecule has 1 aromatic carbocycles. The summed E-state index contributed by atoms with van der Waals surface area (Å²) in [6.07, 6.45) is 0.815. The monoisotopic (exact) mass is 439 g/mol. The Kier molecular flexibility index (Phi) is 5.40. The number of phenolic OH excluding ortho intramolecular Hbond substituents is 1. The van der Waals surface area contributed by atoms with E-state index in [1.807, 2.05) is 0 Å². The Morgan fingerprint density at radius 3 is 2.53 bits per heavy atom. The normalized spacial score (nSPS) is 25.3. The molecule has 0 fully saturated rings. The molecule has 0 aromatic heterocycles. The van der Waals surface area contributed by atoms with E-state index in [9.17, 15) is 29.7 Å². The Morgan fingerprint density at radius 2 is 1.88 bits per heavy atom. The van der Waals surface area contributed by atoms with Gasteiger partial charge in [-0.25, -0.2) is 0 Å². The summed E-state index contributed by atoms with van der Waals surface area (Å²) >= 11 is 0. The van der Waals surface area contributed by atoms with Crippen LogP contribution in [0, 0.1) is 17.8 Å². The second-order valence-electron chi connectivity index (χ2n) is 8.53. The number of aliphatic hydroxyl groups excluding tert-OH is 2. The van der Waals surface area contributed by atoms with Crippen molar-refractivity contribution >= 4 is 23.1 Å². The number of rotatable bonds is 4. The largest absolute Gasteiger partial charge is 0.511 e. The average molecular weight is 439 g/mol. The van der Waals surface area contributed by atoms with Crippen molar-refractivity contribution in [3.8, 4) is 5.75 Å². The Hall–Kier alpha value is -3.42. The molecular formula is C24H25NO7. The highest BCUT2D eigenvalue weighted by atomic mass is 16.6. The minimum absolute atomic E-state index is 0.0813. The molecule has 168 valence electrons. The summed E-state index contributed by atoms with van der Waals surface area (Å²) < 4.78 is 0. The van der Waals surface area contributed by atoms with E-state index in [0.717, 1.165) is 0 Å². The highest BCUT2D eigenvalue weighted by Gasteiger charge is 2.50. The first-order chi connectivity index (χ1) is 15.2. The molecule has 8 nitrogen and oxygen atoms in total. The zero-order valence-corrected chi connectivity index (χ0v) is 18.1. The fourth-order valence-electron chi connectivity index (χ4n) is 5.30. The van der Waals surface area contributed by atoms with E-state index >= 15 is 0 Å². The third-order valence-electron chi connectivity index (χ3n) is 6.60. The van der Waals surface area contributed by atoms with Gasteiger partial charge in [0, 0.05) is 17.6 Å². The van der Waals surface area contributed by atoms with Crippen molar-refractivity contribution in [1.29, 1.82) is 0 Å². The first kappa shape index (κ1) is 21.8. The molecule has 3 aliphatic carbocycles. The molecule has 3 unspecified atom stereocenters. The van der Waals surface area contributed by atoms with Crippen molar-refractivity contribution in [2.24, 2.45) is 22.9 Å². The average Bonchev–Trinajstić information content (AvgIpc) is 2.71. The molecular weight excluding hydrogens is 414 g/mol. The van der Waals surface area contributed by atoms with Gasteiger partial charge in [0.15, 0.2) is 17.3 Å². The third kappa shape index (κ3) is 3.21. The minimum atomic E-state index is -1.05. The van der Waals surface area contributed by atoms with Crippen LogP contribution in [-0.2, 0) is 20.8 Å². The van der Waals surface area contributed by atoms with Crippen LogP contribution in [0.1, 0.15) is 55.1 Å². The Bertz CT molecular complexity index is 1140. The van der Waals surface area contributed by atoms with Gasteiger partial charge in [-0.15, -0.1) is 0 Å². The highest BCUT2D eigenvalue weighted by molar-refractivity contribution is 6.22. The van der Waals surface area contributed by atoms with Gasteiger partial charge < -0.3 is 20.2 Å². The molecule has 0 bridgehead atoms. The topological polar surface area (TPSA) is 133 Å². The minimum Gasteiger partial charge on any atom is -0.511 e. The zero-order valence-electron chi connectivity index (χ0n) is 18.1. The maximum absolute atomic E-state index is 13.4. The number of hydrogen-bond acceptors (Lipinski definition) is 8. The lowest BCUT2D eigenvalue weighted by molar-refractivity contribution is -0.125. The fraction of sp³-hybridized carbons (Fsp3) is 0.417. The van der Waals surface area contributed by atoms with E-state index in [4.69, 9.17) is 4.84 Å². The number of oxime groups is 1. The van der Waals surface area contributed by atoms with Gasteiger partial charge >= 0.3 is 0 Å². The maximum atomic E-state index is 13.4. The van der Waals surface area contributed by atoms with Gasteiger partial charge in [0.05, 0.1) is 22.8 Å². The van der Waals surface area contributed by atoms with Crippen LogP contribution in [0.3, 0.4) is 0 Å². The van der Waals surface area contributed by atoms with E-state index in [0.29, 0.717) is 36.3 Å². The SMILES string of the molecule is CCO/N=C(\C)c1ccc(O)c2c1CC1CC3CC(O)=C(C(C)=O)C(=O)C3C(O)=C1C2=O. The quantitative estimate of drug-likeness (QED) is 0.372. The molecule has 8 heteroatoms. The summed E-state index contributed by atoms with van der Waals surface area (Å²) in [7, 11) is 0. The van der Waals surface area contributed by atoms with E-state index in [1.165, 1.54) is 13.0 Å².